The lowest BCUT2D eigenvalue weighted by Gasteiger charge is -2.22. The van der Waals surface area contributed by atoms with Gasteiger partial charge in [0, 0.05) is 12.7 Å². The van der Waals surface area contributed by atoms with Crippen molar-refractivity contribution in [3.63, 3.8) is 0 Å². The van der Waals surface area contributed by atoms with Crippen LogP contribution in [0.3, 0.4) is 0 Å². The predicted octanol–water partition coefficient (Wildman–Crippen LogP) is 2.14. The molecule has 1 aliphatic rings. The second-order valence-electron chi connectivity index (χ2n) is 4.26. The molecule has 17 heavy (non-hydrogen) atoms. The monoisotopic (exact) mass is 232 g/mol. The number of hydrogen-bond donors (Lipinski definition) is 0. The highest BCUT2D eigenvalue weighted by Gasteiger charge is 2.33. The maximum atomic E-state index is 10.5. The van der Waals surface area contributed by atoms with E-state index in [1.54, 1.807) is 0 Å². The van der Waals surface area contributed by atoms with Crippen molar-refractivity contribution in [3.8, 4) is 0 Å². The van der Waals surface area contributed by atoms with Crippen LogP contribution in [0.1, 0.15) is 18.4 Å². The minimum absolute atomic E-state index is 0.414. The van der Waals surface area contributed by atoms with E-state index >= 15 is 0 Å². The zero-order valence-electron chi connectivity index (χ0n) is 9.72. The summed E-state index contributed by atoms with van der Waals surface area (Å²) in [4.78, 5) is 10.5. The molecule has 0 amide bonds. The number of ether oxygens (including phenoxy) is 2. The molecular weight excluding hydrogens is 216 g/mol. The molecule has 1 fully saturated rings. The standard InChI is InChI=1S/C14H16O3/c15-9-8-14(7-4-10-17-14)12-16-11-13-5-2-1-3-6-13/h1-3,5-6,8H,4,7,10-12H2. The largest absolute Gasteiger partial charge is 0.373 e. The van der Waals surface area contributed by atoms with Gasteiger partial charge in [-0.25, -0.2) is 4.79 Å². The van der Waals surface area contributed by atoms with Crippen LogP contribution in [-0.2, 0) is 20.9 Å². The van der Waals surface area contributed by atoms with Gasteiger partial charge in [0.1, 0.15) is 11.5 Å². The molecule has 0 aromatic heterocycles. The second-order valence-corrected chi connectivity index (χ2v) is 4.26. The van der Waals surface area contributed by atoms with Gasteiger partial charge in [-0.05, 0) is 18.4 Å². The molecule has 0 saturated carbocycles. The van der Waals surface area contributed by atoms with E-state index in [2.05, 4.69) is 0 Å². The topological polar surface area (TPSA) is 35.5 Å². The highest BCUT2D eigenvalue weighted by atomic mass is 16.5. The Morgan fingerprint density at radius 3 is 2.88 bits per heavy atom. The minimum Gasteiger partial charge on any atom is -0.373 e. The Bertz CT molecular complexity index is 387. The summed E-state index contributed by atoms with van der Waals surface area (Å²) in [5.74, 6) is 1.82. The van der Waals surface area contributed by atoms with Crippen LogP contribution in [0.5, 0.6) is 0 Å². The van der Waals surface area contributed by atoms with Gasteiger partial charge < -0.3 is 9.47 Å². The molecule has 0 N–H and O–H groups in total. The Kier molecular flexibility index (Phi) is 4.10. The van der Waals surface area contributed by atoms with Gasteiger partial charge in [0.15, 0.2) is 0 Å². The van der Waals surface area contributed by atoms with Crippen molar-refractivity contribution in [2.45, 2.75) is 25.0 Å². The molecular formula is C14H16O3. The molecule has 3 nitrogen and oxygen atoms in total. The van der Waals surface area contributed by atoms with Crippen LogP contribution >= 0.6 is 0 Å². The third-order valence-corrected chi connectivity index (χ3v) is 2.91. The lowest BCUT2D eigenvalue weighted by Crippen LogP contribution is -2.31. The Morgan fingerprint density at radius 1 is 1.41 bits per heavy atom. The van der Waals surface area contributed by atoms with Gasteiger partial charge in [0.05, 0.1) is 13.2 Å². The Hall–Kier alpha value is -1.41. The molecule has 0 radical (unpaired) electrons. The highest BCUT2D eigenvalue weighted by molar-refractivity contribution is 5.48. The SMILES string of the molecule is O=C=CC1(COCc2ccccc2)CCCO1. The number of hydrogen-bond acceptors (Lipinski definition) is 3. The fraction of sp³-hybridized carbons (Fsp3) is 0.429. The van der Waals surface area contributed by atoms with Crippen LogP contribution in [0.25, 0.3) is 0 Å². The van der Waals surface area contributed by atoms with E-state index in [0.717, 1.165) is 18.4 Å². The average Bonchev–Trinajstić information content (AvgIpc) is 2.80. The van der Waals surface area contributed by atoms with E-state index in [0.29, 0.717) is 19.8 Å². The summed E-state index contributed by atoms with van der Waals surface area (Å²) in [6.45, 7) is 1.64. The van der Waals surface area contributed by atoms with E-state index in [9.17, 15) is 4.79 Å². The summed E-state index contributed by atoms with van der Waals surface area (Å²) in [6, 6.07) is 9.95. The molecule has 1 unspecified atom stereocenters. The summed E-state index contributed by atoms with van der Waals surface area (Å²) in [5.41, 5.74) is 0.576. The average molecular weight is 232 g/mol. The summed E-state index contributed by atoms with van der Waals surface area (Å²) >= 11 is 0. The maximum Gasteiger partial charge on any atom is 0.123 e. The van der Waals surface area contributed by atoms with Crippen molar-refractivity contribution in [2.24, 2.45) is 0 Å². The van der Waals surface area contributed by atoms with Crippen LogP contribution in [0.15, 0.2) is 36.4 Å². The molecule has 3 heteroatoms. The van der Waals surface area contributed by atoms with Crippen LogP contribution in [0, 0.1) is 0 Å². The molecule has 1 aromatic rings. The molecule has 2 rings (SSSR count). The fourth-order valence-electron chi connectivity index (χ4n) is 2.01. The molecule has 1 atom stereocenters. The van der Waals surface area contributed by atoms with Crippen LogP contribution < -0.4 is 0 Å². The van der Waals surface area contributed by atoms with Crippen molar-refractivity contribution in [1.29, 1.82) is 0 Å². The fourth-order valence-corrected chi connectivity index (χ4v) is 2.01. The first-order chi connectivity index (χ1) is 8.35. The Morgan fingerprint density at radius 2 is 2.24 bits per heavy atom. The van der Waals surface area contributed by atoms with Crippen molar-refractivity contribution in [1.82, 2.24) is 0 Å². The Labute approximate surface area is 101 Å². The van der Waals surface area contributed by atoms with Crippen molar-refractivity contribution >= 4 is 5.94 Å². The Balaban J connectivity index is 1.86. The first-order valence-electron chi connectivity index (χ1n) is 5.82. The molecule has 0 aliphatic carbocycles. The second kappa shape index (κ2) is 5.78. The molecule has 90 valence electrons. The van der Waals surface area contributed by atoms with Gasteiger partial charge in [-0.15, -0.1) is 0 Å². The zero-order valence-corrected chi connectivity index (χ0v) is 9.72. The first kappa shape index (κ1) is 12.1. The summed E-state index contributed by atoms with van der Waals surface area (Å²) in [5, 5.41) is 0. The van der Waals surface area contributed by atoms with Crippen molar-refractivity contribution in [3.05, 3.63) is 42.0 Å². The zero-order chi connectivity index (χ0) is 12.0. The third-order valence-electron chi connectivity index (χ3n) is 2.91. The first-order valence-corrected chi connectivity index (χ1v) is 5.82. The maximum absolute atomic E-state index is 10.5. The molecule has 1 aliphatic heterocycles. The van der Waals surface area contributed by atoms with E-state index in [1.807, 2.05) is 36.3 Å². The van der Waals surface area contributed by atoms with Gasteiger partial charge in [-0.2, -0.15) is 0 Å². The molecule has 1 heterocycles. The number of benzene rings is 1. The quantitative estimate of drug-likeness (QED) is 0.730. The molecule has 1 aromatic carbocycles. The smallest absolute Gasteiger partial charge is 0.123 e. The normalized spacial score (nSPS) is 23.3. The van der Waals surface area contributed by atoms with E-state index in [-0.39, 0.29) is 0 Å². The van der Waals surface area contributed by atoms with Gasteiger partial charge in [-0.1, -0.05) is 30.3 Å². The van der Waals surface area contributed by atoms with Crippen LogP contribution in [0.2, 0.25) is 0 Å². The molecule has 1 saturated heterocycles. The van der Waals surface area contributed by atoms with Crippen LogP contribution in [0.4, 0.5) is 0 Å². The van der Waals surface area contributed by atoms with Gasteiger partial charge in [-0.3, -0.25) is 0 Å². The van der Waals surface area contributed by atoms with Crippen molar-refractivity contribution in [2.75, 3.05) is 13.2 Å². The van der Waals surface area contributed by atoms with E-state index in [4.69, 9.17) is 9.47 Å². The van der Waals surface area contributed by atoms with Crippen molar-refractivity contribution < 1.29 is 14.3 Å². The summed E-state index contributed by atoms with van der Waals surface area (Å²) < 4.78 is 11.2. The summed E-state index contributed by atoms with van der Waals surface area (Å²) in [6.07, 6.45) is 3.24. The highest BCUT2D eigenvalue weighted by Crippen LogP contribution is 2.27. The van der Waals surface area contributed by atoms with Gasteiger partial charge in [0.25, 0.3) is 0 Å². The molecule has 0 bridgehead atoms. The lowest BCUT2D eigenvalue weighted by molar-refractivity contribution is -0.0366. The summed E-state index contributed by atoms with van der Waals surface area (Å²) in [7, 11) is 0. The van der Waals surface area contributed by atoms with E-state index in [1.165, 1.54) is 6.08 Å². The minimum atomic E-state index is -0.545. The number of rotatable bonds is 5. The third kappa shape index (κ3) is 3.27. The van der Waals surface area contributed by atoms with E-state index < -0.39 is 5.60 Å². The number of carbonyl (C=O) groups excluding carboxylic acids is 1. The van der Waals surface area contributed by atoms with Crippen LogP contribution in [-0.4, -0.2) is 24.8 Å². The predicted molar refractivity (Wildman–Crippen MR) is 64.3 cm³/mol. The molecule has 0 spiro atoms. The lowest BCUT2D eigenvalue weighted by atomic mass is 10.0. The van der Waals surface area contributed by atoms with Gasteiger partial charge in [0.2, 0.25) is 0 Å². The van der Waals surface area contributed by atoms with Gasteiger partial charge >= 0.3 is 0 Å².